The third-order valence-corrected chi connectivity index (χ3v) is 5.25. The number of fused-ring (bicyclic) bond motifs is 1. The van der Waals surface area contributed by atoms with Gasteiger partial charge < -0.3 is 14.8 Å². The van der Waals surface area contributed by atoms with Gasteiger partial charge in [0.15, 0.2) is 0 Å². The van der Waals surface area contributed by atoms with Gasteiger partial charge in [0.2, 0.25) is 11.8 Å². The zero-order valence-electron chi connectivity index (χ0n) is 16.0. The summed E-state index contributed by atoms with van der Waals surface area (Å²) in [5.74, 6) is 0.878. The van der Waals surface area contributed by atoms with Crippen molar-refractivity contribution in [2.24, 2.45) is 0 Å². The van der Waals surface area contributed by atoms with Crippen LogP contribution in [0.3, 0.4) is 0 Å². The number of amides is 2. The minimum absolute atomic E-state index is 0.0788. The zero-order chi connectivity index (χ0) is 19.5. The summed E-state index contributed by atoms with van der Waals surface area (Å²) in [6.45, 7) is 3.35. The van der Waals surface area contributed by atoms with Crippen molar-refractivity contribution in [2.75, 3.05) is 6.54 Å². The smallest absolute Gasteiger partial charge is 0.240 e. The molecule has 144 valence electrons. The molecule has 0 bridgehead atoms. The predicted molar refractivity (Wildman–Crippen MR) is 108 cm³/mol. The van der Waals surface area contributed by atoms with Gasteiger partial charge in [0, 0.05) is 38.3 Å². The van der Waals surface area contributed by atoms with E-state index in [4.69, 9.17) is 0 Å². The number of benzene rings is 2. The first-order valence-corrected chi connectivity index (χ1v) is 9.68. The summed E-state index contributed by atoms with van der Waals surface area (Å²) in [5, 5.41) is 5.34. The molecule has 1 aliphatic heterocycles. The quantitative estimate of drug-likeness (QED) is 0.719. The second kappa shape index (κ2) is 7.84. The van der Waals surface area contributed by atoms with Gasteiger partial charge in [-0.2, -0.15) is 0 Å². The number of hydrogen-bond donors (Lipinski definition) is 1. The van der Waals surface area contributed by atoms with E-state index < -0.39 is 0 Å². The number of aromatic nitrogens is 2. The van der Waals surface area contributed by atoms with Crippen LogP contribution in [0.5, 0.6) is 0 Å². The molecule has 6 heteroatoms. The van der Waals surface area contributed by atoms with Gasteiger partial charge in [0.1, 0.15) is 12.4 Å². The van der Waals surface area contributed by atoms with Gasteiger partial charge in [0.25, 0.3) is 0 Å². The Morgan fingerprint density at radius 3 is 2.89 bits per heavy atom. The molecular weight excluding hydrogens is 352 g/mol. The number of likely N-dealkylation sites (tertiary alicyclic amines) is 1. The highest BCUT2D eigenvalue weighted by atomic mass is 16.2. The lowest BCUT2D eigenvalue weighted by molar-refractivity contribution is -0.128. The van der Waals surface area contributed by atoms with E-state index >= 15 is 0 Å². The number of rotatable bonds is 6. The maximum absolute atomic E-state index is 12.5. The lowest BCUT2D eigenvalue weighted by Crippen LogP contribution is -2.39. The van der Waals surface area contributed by atoms with Crippen LogP contribution in [0.2, 0.25) is 0 Å². The molecule has 1 fully saturated rings. The first-order chi connectivity index (χ1) is 13.6. The van der Waals surface area contributed by atoms with Gasteiger partial charge in [-0.05, 0) is 16.3 Å². The molecule has 0 radical (unpaired) electrons. The van der Waals surface area contributed by atoms with Gasteiger partial charge in [-0.25, -0.2) is 4.98 Å². The molecule has 0 aliphatic carbocycles. The molecule has 1 atom stereocenters. The maximum atomic E-state index is 12.5. The number of nitrogens with one attached hydrogen (secondary N) is 1. The second-order valence-corrected chi connectivity index (χ2v) is 7.21. The molecule has 6 nitrogen and oxygen atoms in total. The SMILES string of the molecule is CCc1nccn1CC(=O)NC1CC(=O)N(Cc2cccc3ccccc23)C1. The lowest BCUT2D eigenvalue weighted by atomic mass is 10.0. The molecule has 2 aromatic carbocycles. The van der Waals surface area contributed by atoms with Gasteiger partial charge >= 0.3 is 0 Å². The predicted octanol–water partition coefficient (Wildman–Crippen LogP) is 2.52. The standard InChI is InChI=1S/C22H24N4O2/c1-2-20-23-10-11-25(20)15-21(27)24-18-12-22(28)26(14-18)13-17-8-5-7-16-6-3-4-9-19(16)17/h3-11,18H,2,12-15H2,1H3,(H,24,27). The fourth-order valence-corrected chi connectivity index (χ4v) is 3.88. The van der Waals surface area contributed by atoms with Crippen LogP contribution in [0, 0.1) is 0 Å². The van der Waals surface area contributed by atoms with Crippen molar-refractivity contribution in [1.82, 2.24) is 19.8 Å². The summed E-state index contributed by atoms with van der Waals surface area (Å²) < 4.78 is 1.85. The summed E-state index contributed by atoms with van der Waals surface area (Å²) in [6, 6.07) is 14.2. The summed E-state index contributed by atoms with van der Waals surface area (Å²) in [6.07, 6.45) is 4.64. The second-order valence-electron chi connectivity index (χ2n) is 7.21. The van der Waals surface area contributed by atoms with E-state index in [2.05, 4.69) is 34.6 Å². The Balaban J connectivity index is 1.39. The van der Waals surface area contributed by atoms with E-state index in [0.29, 0.717) is 19.5 Å². The zero-order valence-corrected chi connectivity index (χ0v) is 16.0. The molecule has 1 saturated heterocycles. The minimum atomic E-state index is -0.149. The van der Waals surface area contributed by atoms with Crippen LogP contribution in [0.15, 0.2) is 54.9 Å². The highest BCUT2D eigenvalue weighted by Gasteiger charge is 2.30. The maximum Gasteiger partial charge on any atom is 0.240 e. The Labute approximate surface area is 164 Å². The Morgan fingerprint density at radius 1 is 1.21 bits per heavy atom. The Bertz CT molecular complexity index is 1010. The van der Waals surface area contributed by atoms with E-state index in [1.54, 1.807) is 6.20 Å². The average Bonchev–Trinajstić information content (AvgIpc) is 3.28. The molecular formula is C22H24N4O2. The van der Waals surface area contributed by atoms with Crippen LogP contribution in [0.25, 0.3) is 10.8 Å². The molecule has 2 amide bonds. The summed E-state index contributed by atoms with van der Waals surface area (Å²) >= 11 is 0. The Hall–Kier alpha value is -3.15. The average molecular weight is 376 g/mol. The fourth-order valence-electron chi connectivity index (χ4n) is 3.88. The topological polar surface area (TPSA) is 67.2 Å². The molecule has 1 aliphatic rings. The van der Waals surface area contributed by atoms with Crippen molar-refractivity contribution in [3.05, 3.63) is 66.2 Å². The number of hydrogen-bond acceptors (Lipinski definition) is 3. The first kappa shape index (κ1) is 18.2. The highest BCUT2D eigenvalue weighted by Crippen LogP contribution is 2.22. The Morgan fingerprint density at radius 2 is 2.04 bits per heavy atom. The normalized spacial score (nSPS) is 16.7. The summed E-state index contributed by atoms with van der Waals surface area (Å²) in [5.41, 5.74) is 1.13. The molecule has 4 rings (SSSR count). The van der Waals surface area contributed by atoms with Crippen LogP contribution >= 0.6 is 0 Å². The van der Waals surface area contributed by atoms with Crippen LogP contribution in [-0.4, -0.2) is 38.9 Å². The van der Waals surface area contributed by atoms with Crippen LogP contribution in [0.4, 0.5) is 0 Å². The van der Waals surface area contributed by atoms with Crippen molar-refractivity contribution in [3.63, 3.8) is 0 Å². The van der Waals surface area contributed by atoms with Gasteiger partial charge in [-0.1, -0.05) is 49.4 Å². The van der Waals surface area contributed by atoms with Gasteiger partial charge in [-0.3, -0.25) is 9.59 Å². The molecule has 3 aromatic rings. The van der Waals surface area contributed by atoms with Crippen molar-refractivity contribution >= 4 is 22.6 Å². The summed E-state index contributed by atoms with van der Waals surface area (Å²) in [7, 11) is 0. The molecule has 2 heterocycles. The third kappa shape index (κ3) is 3.76. The number of aryl methyl sites for hydroxylation is 1. The monoisotopic (exact) mass is 376 g/mol. The molecule has 28 heavy (non-hydrogen) atoms. The number of carbonyl (C=O) groups is 2. The van der Waals surface area contributed by atoms with Crippen molar-refractivity contribution in [2.45, 2.75) is 38.9 Å². The first-order valence-electron chi connectivity index (χ1n) is 9.68. The van der Waals surface area contributed by atoms with E-state index in [-0.39, 0.29) is 24.4 Å². The largest absolute Gasteiger partial charge is 0.350 e. The molecule has 0 saturated carbocycles. The van der Waals surface area contributed by atoms with E-state index in [1.807, 2.05) is 40.8 Å². The fraction of sp³-hybridized carbons (Fsp3) is 0.318. The van der Waals surface area contributed by atoms with Crippen LogP contribution < -0.4 is 5.32 Å². The number of imidazole rings is 1. The molecule has 1 aromatic heterocycles. The molecule has 0 spiro atoms. The highest BCUT2D eigenvalue weighted by molar-refractivity contribution is 5.87. The van der Waals surface area contributed by atoms with Crippen molar-refractivity contribution in [3.8, 4) is 0 Å². The molecule has 1 unspecified atom stereocenters. The van der Waals surface area contributed by atoms with E-state index in [9.17, 15) is 9.59 Å². The van der Waals surface area contributed by atoms with E-state index in [1.165, 1.54) is 5.39 Å². The lowest BCUT2D eigenvalue weighted by Gasteiger charge is -2.18. The van der Waals surface area contributed by atoms with Crippen molar-refractivity contribution < 1.29 is 9.59 Å². The van der Waals surface area contributed by atoms with Crippen LogP contribution in [-0.2, 0) is 29.1 Å². The minimum Gasteiger partial charge on any atom is -0.350 e. The number of nitrogens with zero attached hydrogens (tertiary/aromatic N) is 3. The third-order valence-electron chi connectivity index (χ3n) is 5.25. The van der Waals surface area contributed by atoms with Gasteiger partial charge in [-0.15, -0.1) is 0 Å². The van der Waals surface area contributed by atoms with Crippen molar-refractivity contribution in [1.29, 1.82) is 0 Å². The summed E-state index contributed by atoms with van der Waals surface area (Å²) in [4.78, 5) is 30.9. The van der Waals surface area contributed by atoms with Gasteiger partial charge in [0.05, 0.1) is 6.04 Å². The number of carbonyl (C=O) groups excluding carboxylic acids is 2. The van der Waals surface area contributed by atoms with E-state index in [0.717, 1.165) is 23.2 Å². The molecule has 1 N–H and O–H groups in total. The van der Waals surface area contributed by atoms with Crippen LogP contribution in [0.1, 0.15) is 24.7 Å². The Kier molecular flexibility index (Phi) is 5.10.